The van der Waals surface area contributed by atoms with Gasteiger partial charge in [0.1, 0.15) is 5.84 Å². The first-order chi connectivity index (χ1) is 12.2. The van der Waals surface area contributed by atoms with Crippen LogP contribution in [0.25, 0.3) is 0 Å². The lowest BCUT2D eigenvalue weighted by molar-refractivity contribution is 0.419. The van der Waals surface area contributed by atoms with Crippen LogP contribution in [0.15, 0.2) is 47.5 Å². The lowest BCUT2D eigenvalue weighted by Gasteiger charge is -2.44. The van der Waals surface area contributed by atoms with Crippen LogP contribution in [0, 0.1) is 13.8 Å². The van der Waals surface area contributed by atoms with E-state index in [-0.39, 0.29) is 5.54 Å². The molecular formula is C21H26N4. The monoisotopic (exact) mass is 334 g/mol. The second-order valence-electron chi connectivity index (χ2n) is 7.21. The van der Waals surface area contributed by atoms with Crippen LogP contribution >= 0.6 is 0 Å². The fourth-order valence-electron chi connectivity index (χ4n) is 3.75. The standard InChI is InChI=1S/C21H26N4/c1-15-12-18-19(13-16(15)2)25-21(8-10-22-11-9-21)20(24-18)23-14-17-6-4-3-5-7-17/h3-7,12-13,22,25H,8-11,14H2,1-2H3,(H,23,24). The lowest BCUT2D eigenvalue weighted by Crippen LogP contribution is -2.57. The number of nitrogens with one attached hydrogen (secondary N) is 3. The summed E-state index contributed by atoms with van der Waals surface area (Å²) in [6.07, 6.45) is 2.08. The van der Waals surface area contributed by atoms with Gasteiger partial charge in [0.25, 0.3) is 0 Å². The molecule has 0 radical (unpaired) electrons. The molecule has 4 nitrogen and oxygen atoms in total. The highest BCUT2D eigenvalue weighted by Gasteiger charge is 2.40. The minimum absolute atomic E-state index is 0.0886. The van der Waals surface area contributed by atoms with Crippen LogP contribution in [-0.4, -0.2) is 24.5 Å². The first-order valence-electron chi connectivity index (χ1n) is 9.12. The van der Waals surface area contributed by atoms with Crippen molar-refractivity contribution in [2.45, 2.75) is 38.8 Å². The van der Waals surface area contributed by atoms with E-state index in [1.807, 2.05) is 6.07 Å². The molecule has 2 aliphatic heterocycles. The van der Waals surface area contributed by atoms with Crippen LogP contribution in [0.2, 0.25) is 0 Å². The molecular weight excluding hydrogens is 308 g/mol. The molecule has 0 bridgehead atoms. The normalized spacial score (nSPS) is 20.0. The van der Waals surface area contributed by atoms with E-state index in [4.69, 9.17) is 4.99 Å². The zero-order valence-electron chi connectivity index (χ0n) is 15.0. The highest BCUT2D eigenvalue weighted by molar-refractivity contribution is 6.09. The molecule has 1 fully saturated rings. The number of hydrogen-bond donors (Lipinski definition) is 3. The van der Waals surface area contributed by atoms with Crippen LogP contribution in [0.1, 0.15) is 29.5 Å². The number of amidine groups is 1. The average Bonchev–Trinajstić information content (AvgIpc) is 2.63. The fraction of sp³-hybridized carbons (Fsp3) is 0.381. The van der Waals surface area contributed by atoms with Gasteiger partial charge in [0, 0.05) is 0 Å². The average molecular weight is 334 g/mol. The van der Waals surface area contributed by atoms with Crippen molar-refractivity contribution in [1.82, 2.24) is 5.32 Å². The third-order valence-corrected chi connectivity index (χ3v) is 5.43. The van der Waals surface area contributed by atoms with Gasteiger partial charge in [-0.15, -0.1) is 0 Å². The molecule has 0 aliphatic carbocycles. The Labute approximate surface area is 149 Å². The highest BCUT2D eigenvalue weighted by atomic mass is 15.2. The van der Waals surface area contributed by atoms with Gasteiger partial charge < -0.3 is 16.0 Å². The molecule has 3 N–H and O–H groups in total. The Bertz CT molecular complexity index is 789. The van der Waals surface area contributed by atoms with Crippen molar-refractivity contribution in [3.8, 4) is 0 Å². The quantitative estimate of drug-likeness (QED) is 0.781. The molecule has 0 unspecified atom stereocenters. The molecule has 2 aromatic carbocycles. The third-order valence-electron chi connectivity index (χ3n) is 5.43. The predicted octanol–water partition coefficient (Wildman–Crippen LogP) is 3.86. The van der Waals surface area contributed by atoms with E-state index in [0.717, 1.165) is 37.5 Å². The maximum absolute atomic E-state index is 5.00. The van der Waals surface area contributed by atoms with Crippen molar-refractivity contribution < 1.29 is 0 Å². The minimum Gasteiger partial charge on any atom is -0.371 e. The summed E-state index contributed by atoms with van der Waals surface area (Å²) in [4.78, 5) is 5.00. The molecule has 25 heavy (non-hydrogen) atoms. The summed E-state index contributed by atoms with van der Waals surface area (Å²) < 4.78 is 0. The van der Waals surface area contributed by atoms with E-state index in [2.05, 4.69) is 66.2 Å². The number of piperidine rings is 1. The summed E-state index contributed by atoms with van der Waals surface area (Å²) in [7, 11) is 0. The number of aliphatic imine (C=N–C) groups is 1. The summed E-state index contributed by atoms with van der Waals surface area (Å²) in [5.74, 6) is 1.08. The highest BCUT2D eigenvalue weighted by Crippen LogP contribution is 2.37. The van der Waals surface area contributed by atoms with Gasteiger partial charge >= 0.3 is 0 Å². The molecule has 0 saturated carbocycles. The van der Waals surface area contributed by atoms with Crippen molar-refractivity contribution in [2.75, 3.05) is 23.7 Å². The summed E-state index contributed by atoms with van der Waals surface area (Å²) in [5, 5.41) is 11.0. The molecule has 2 heterocycles. The van der Waals surface area contributed by atoms with Crippen molar-refractivity contribution in [2.24, 2.45) is 4.99 Å². The molecule has 0 amide bonds. The van der Waals surface area contributed by atoms with Gasteiger partial charge in [-0.3, -0.25) is 4.99 Å². The van der Waals surface area contributed by atoms with Crippen molar-refractivity contribution >= 4 is 17.2 Å². The zero-order valence-corrected chi connectivity index (χ0v) is 15.0. The largest absolute Gasteiger partial charge is 0.371 e. The van der Waals surface area contributed by atoms with Gasteiger partial charge in [0.05, 0.1) is 23.5 Å². The fourth-order valence-corrected chi connectivity index (χ4v) is 3.75. The van der Waals surface area contributed by atoms with E-state index < -0.39 is 0 Å². The van der Waals surface area contributed by atoms with E-state index in [9.17, 15) is 0 Å². The second kappa shape index (κ2) is 6.52. The maximum Gasteiger partial charge on any atom is 0.127 e. The summed E-state index contributed by atoms with van der Waals surface area (Å²) in [5.41, 5.74) is 6.11. The first kappa shape index (κ1) is 16.2. The first-order valence-corrected chi connectivity index (χ1v) is 9.12. The minimum atomic E-state index is -0.0886. The van der Waals surface area contributed by atoms with Crippen LogP contribution in [0.3, 0.4) is 0 Å². The number of rotatable bonds is 2. The van der Waals surface area contributed by atoms with Gasteiger partial charge in [-0.1, -0.05) is 30.3 Å². The Morgan fingerprint density at radius 3 is 2.36 bits per heavy atom. The van der Waals surface area contributed by atoms with Crippen molar-refractivity contribution in [3.63, 3.8) is 0 Å². The molecule has 2 aromatic rings. The van der Waals surface area contributed by atoms with Crippen LogP contribution < -0.4 is 16.0 Å². The van der Waals surface area contributed by atoms with Gasteiger partial charge in [0.2, 0.25) is 0 Å². The number of anilines is 2. The third kappa shape index (κ3) is 3.14. The summed E-state index contributed by atoms with van der Waals surface area (Å²) in [6, 6.07) is 15.0. The van der Waals surface area contributed by atoms with Gasteiger partial charge in [-0.25, -0.2) is 0 Å². The summed E-state index contributed by atoms with van der Waals surface area (Å²) in [6.45, 7) is 7.07. The number of aryl methyl sites for hydroxylation is 2. The molecule has 0 aromatic heterocycles. The van der Waals surface area contributed by atoms with Gasteiger partial charge in [-0.05, 0) is 68.6 Å². The predicted molar refractivity (Wildman–Crippen MR) is 106 cm³/mol. The van der Waals surface area contributed by atoms with E-state index in [1.54, 1.807) is 0 Å². The number of hydrogen-bond acceptors (Lipinski definition) is 3. The molecule has 1 spiro atoms. The molecule has 130 valence electrons. The Morgan fingerprint density at radius 1 is 0.960 bits per heavy atom. The topological polar surface area (TPSA) is 48.5 Å². The molecule has 1 saturated heterocycles. The zero-order chi connectivity index (χ0) is 17.3. The van der Waals surface area contributed by atoms with Crippen LogP contribution in [-0.2, 0) is 6.54 Å². The van der Waals surface area contributed by atoms with E-state index in [1.165, 1.54) is 22.4 Å². The SMILES string of the molecule is Cc1cc2c(cc1C)NC1(CCNCC1)C(=NCc1ccccc1)N2. The molecule has 4 rings (SSSR count). The van der Waals surface area contributed by atoms with E-state index in [0.29, 0.717) is 6.54 Å². The van der Waals surface area contributed by atoms with Crippen LogP contribution in [0.4, 0.5) is 11.4 Å². The Balaban J connectivity index is 1.70. The van der Waals surface area contributed by atoms with Gasteiger partial charge in [0.15, 0.2) is 0 Å². The van der Waals surface area contributed by atoms with Crippen molar-refractivity contribution in [1.29, 1.82) is 0 Å². The number of benzene rings is 2. The molecule has 4 heteroatoms. The Kier molecular flexibility index (Phi) is 4.22. The molecule has 0 atom stereocenters. The van der Waals surface area contributed by atoms with Crippen molar-refractivity contribution in [3.05, 3.63) is 59.2 Å². The number of fused-ring (bicyclic) bond motifs is 1. The maximum atomic E-state index is 5.00. The smallest absolute Gasteiger partial charge is 0.127 e. The Hall–Kier alpha value is -2.33. The van der Waals surface area contributed by atoms with Gasteiger partial charge in [-0.2, -0.15) is 0 Å². The second-order valence-corrected chi connectivity index (χ2v) is 7.21. The van der Waals surface area contributed by atoms with E-state index >= 15 is 0 Å². The number of nitrogens with zero attached hydrogens (tertiary/aromatic N) is 1. The van der Waals surface area contributed by atoms with Crippen LogP contribution in [0.5, 0.6) is 0 Å². The molecule has 2 aliphatic rings. The lowest BCUT2D eigenvalue weighted by atomic mass is 9.84. The Morgan fingerprint density at radius 2 is 1.64 bits per heavy atom. The summed E-state index contributed by atoms with van der Waals surface area (Å²) >= 11 is 0.